The molecule has 2 N–H and O–H groups in total. The zero-order valence-electron chi connectivity index (χ0n) is 18.5. The minimum atomic E-state index is -1.03. The second kappa shape index (κ2) is 10.8. The van der Waals surface area contributed by atoms with E-state index in [1.807, 2.05) is 66.7 Å². The molecule has 0 aromatic heterocycles. The lowest BCUT2D eigenvalue weighted by molar-refractivity contribution is -0.139. The Kier molecular flexibility index (Phi) is 7.37. The van der Waals surface area contributed by atoms with Crippen LogP contribution in [-0.4, -0.2) is 59.1 Å². The molecule has 1 aliphatic heterocycles. The monoisotopic (exact) mass is 443 g/mol. The molecule has 1 heterocycles. The van der Waals surface area contributed by atoms with Gasteiger partial charge in [-0.25, -0.2) is 9.59 Å². The lowest BCUT2D eigenvalue weighted by Crippen LogP contribution is -2.55. The maximum Gasteiger partial charge on any atom is 0.326 e. The first-order valence-electron chi connectivity index (χ1n) is 11.3. The number of carboxylic acids is 1. The van der Waals surface area contributed by atoms with Crippen molar-refractivity contribution in [3.63, 3.8) is 0 Å². The standard InChI is InChI=1S/C27H29N3O3/c31-26(32)24(20-21-10-4-1-5-11-21)28-27(33)30-18-16-29(17-19-30)25(22-12-6-2-7-13-22)23-14-8-3-9-15-23/h1-15,24-25H,16-20H2,(H,28,33)(H,31,32)/t24-/m1/s1. The number of amides is 2. The van der Waals surface area contributed by atoms with Crippen molar-refractivity contribution in [1.82, 2.24) is 15.1 Å². The molecule has 1 atom stereocenters. The molecule has 6 heteroatoms. The number of benzene rings is 3. The lowest BCUT2D eigenvalue weighted by Gasteiger charge is -2.40. The summed E-state index contributed by atoms with van der Waals surface area (Å²) in [4.78, 5) is 28.7. The molecule has 1 saturated heterocycles. The molecule has 0 spiro atoms. The molecule has 2 amide bonds. The fourth-order valence-corrected chi connectivity index (χ4v) is 4.36. The van der Waals surface area contributed by atoms with Gasteiger partial charge in [0, 0.05) is 32.6 Å². The summed E-state index contributed by atoms with van der Waals surface area (Å²) in [6.45, 7) is 2.50. The minimum absolute atomic E-state index is 0.113. The van der Waals surface area contributed by atoms with Gasteiger partial charge in [-0.05, 0) is 16.7 Å². The van der Waals surface area contributed by atoms with Gasteiger partial charge in [0.2, 0.25) is 0 Å². The average molecular weight is 444 g/mol. The number of carbonyl (C=O) groups excluding carboxylic acids is 1. The van der Waals surface area contributed by atoms with Gasteiger partial charge in [0.25, 0.3) is 0 Å². The van der Waals surface area contributed by atoms with Crippen molar-refractivity contribution in [2.24, 2.45) is 0 Å². The van der Waals surface area contributed by atoms with Gasteiger partial charge >= 0.3 is 12.0 Å². The van der Waals surface area contributed by atoms with Gasteiger partial charge in [0.15, 0.2) is 0 Å². The Balaban J connectivity index is 1.40. The van der Waals surface area contributed by atoms with E-state index in [0.717, 1.165) is 5.56 Å². The number of hydrogen-bond donors (Lipinski definition) is 2. The van der Waals surface area contributed by atoms with E-state index in [2.05, 4.69) is 34.5 Å². The fourth-order valence-electron chi connectivity index (χ4n) is 4.36. The summed E-state index contributed by atoms with van der Waals surface area (Å²) >= 11 is 0. The molecule has 170 valence electrons. The van der Waals surface area contributed by atoms with Crippen LogP contribution in [-0.2, 0) is 11.2 Å². The van der Waals surface area contributed by atoms with Crippen LogP contribution in [0.25, 0.3) is 0 Å². The highest BCUT2D eigenvalue weighted by Crippen LogP contribution is 2.29. The first-order valence-corrected chi connectivity index (χ1v) is 11.3. The second-order valence-electron chi connectivity index (χ2n) is 8.28. The number of rotatable bonds is 7. The highest BCUT2D eigenvalue weighted by molar-refractivity contribution is 5.82. The Hall–Kier alpha value is -3.64. The molecule has 33 heavy (non-hydrogen) atoms. The number of urea groups is 1. The average Bonchev–Trinajstić information content (AvgIpc) is 2.86. The first kappa shape index (κ1) is 22.6. The summed E-state index contributed by atoms with van der Waals surface area (Å²) in [6, 6.07) is 29.0. The molecule has 0 aliphatic carbocycles. The van der Waals surface area contributed by atoms with Crippen molar-refractivity contribution in [3.05, 3.63) is 108 Å². The van der Waals surface area contributed by atoms with Crippen molar-refractivity contribution in [1.29, 1.82) is 0 Å². The number of nitrogens with one attached hydrogen (secondary N) is 1. The zero-order chi connectivity index (χ0) is 23.0. The van der Waals surface area contributed by atoms with Crippen LogP contribution in [0.3, 0.4) is 0 Å². The maximum absolute atomic E-state index is 12.9. The van der Waals surface area contributed by atoms with Gasteiger partial charge in [-0.3, -0.25) is 4.90 Å². The SMILES string of the molecule is O=C(O)[C@@H](Cc1ccccc1)NC(=O)N1CCN(C(c2ccccc2)c2ccccc2)CC1. The summed E-state index contributed by atoms with van der Waals surface area (Å²) in [5, 5.41) is 12.3. The number of aliphatic carboxylic acids is 1. The smallest absolute Gasteiger partial charge is 0.326 e. The number of piperazine rings is 1. The van der Waals surface area contributed by atoms with E-state index in [-0.39, 0.29) is 18.5 Å². The van der Waals surface area contributed by atoms with Crippen LogP contribution < -0.4 is 5.32 Å². The Morgan fingerprint density at radius 2 is 1.24 bits per heavy atom. The fraction of sp³-hybridized carbons (Fsp3) is 0.259. The molecule has 6 nitrogen and oxygen atoms in total. The molecule has 3 aromatic carbocycles. The number of carboxylic acid groups (broad SMARTS) is 1. The zero-order valence-corrected chi connectivity index (χ0v) is 18.5. The minimum Gasteiger partial charge on any atom is -0.480 e. The maximum atomic E-state index is 12.9. The summed E-state index contributed by atoms with van der Waals surface area (Å²) in [5.74, 6) is -1.03. The molecule has 1 aliphatic rings. The second-order valence-corrected chi connectivity index (χ2v) is 8.28. The van der Waals surface area contributed by atoms with E-state index in [9.17, 15) is 14.7 Å². The van der Waals surface area contributed by atoms with Gasteiger partial charge < -0.3 is 15.3 Å². The van der Waals surface area contributed by atoms with Crippen LogP contribution in [0.1, 0.15) is 22.7 Å². The Morgan fingerprint density at radius 3 is 1.73 bits per heavy atom. The van der Waals surface area contributed by atoms with Crippen molar-refractivity contribution >= 4 is 12.0 Å². The molecule has 1 fully saturated rings. The van der Waals surface area contributed by atoms with Gasteiger partial charge in [0.05, 0.1) is 6.04 Å². The Bertz CT molecular complexity index is 996. The highest BCUT2D eigenvalue weighted by Gasteiger charge is 2.30. The van der Waals surface area contributed by atoms with Crippen molar-refractivity contribution in [2.45, 2.75) is 18.5 Å². The van der Waals surface area contributed by atoms with Crippen molar-refractivity contribution < 1.29 is 14.7 Å². The summed E-state index contributed by atoms with van der Waals surface area (Å²) in [5.41, 5.74) is 3.31. The van der Waals surface area contributed by atoms with Crippen molar-refractivity contribution in [2.75, 3.05) is 26.2 Å². The van der Waals surface area contributed by atoms with E-state index >= 15 is 0 Å². The molecular weight excluding hydrogens is 414 g/mol. The van der Waals surface area contributed by atoms with Gasteiger partial charge in [-0.2, -0.15) is 0 Å². The van der Waals surface area contributed by atoms with Gasteiger partial charge in [-0.15, -0.1) is 0 Å². The topological polar surface area (TPSA) is 72.9 Å². The number of carbonyl (C=O) groups is 2. The van der Waals surface area contributed by atoms with E-state index in [4.69, 9.17) is 0 Å². The summed E-state index contributed by atoms with van der Waals surface area (Å²) < 4.78 is 0. The lowest BCUT2D eigenvalue weighted by atomic mass is 9.96. The van der Waals surface area contributed by atoms with Gasteiger partial charge in [0.1, 0.15) is 6.04 Å². The summed E-state index contributed by atoms with van der Waals surface area (Å²) in [6.07, 6.45) is 0.256. The molecule has 0 bridgehead atoms. The first-order chi connectivity index (χ1) is 16.1. The third-order valence-corrected chi connectivity index (χ3v) is 6.08. The molecule has 3 aromatic rings. The van der Waals surface area contributed by atoms with Crippen LogP contribution in [0.4, 0.5) is 4.79 Å². The van der Waals surface area contributed by atoms with E-state index in [0.29, 0.717) is 26.2 Å². The third kappa shape index (κ3) is 5.79. The molecule has 0 radical (unpaired) electrons. The predicted octanol–water partition coefficient (Wildman–Crippen LogP) is 3.80. The van der Waals surface area contributed by atoms with Crippen LogP contribution in [0.15, 0.2) is 91.0 Å². The van der Waals surface area contributed by atoms with E-state index < -0.39 is 12.0 Å². The molecule has 4 rings (SSSR count). The molecule has 0 saturated carbocycles. The predicted molar refractivity (Wildman–Crippen MR) is 128 cm³/mol. The Labute approximate surface area is 194 Å². The molecule has 0 unspecified atom stereocenters. The molecular formula is C27H29N3O3. The summed E-state index contributed by atoms with van der Waals surface area (Å²) in [7, 11) is 0. The third-order valence-electron chi connectivity index (χ3n) is 6.08. The van der Waals surface area contributed by atoms with Crippen molar-refractivity contribution in [3.8, 4) is 0 Å². The van der Waals surface area contributed by atoms with E-state index in [1.165, 1.54) is 11.1 Å². The highest BCUT2D eigenvalue weighted by atomic mass is 16.4. The quantitative estimate of drug-likeness (QED) is 0.583. The largest absolute Gasteiger partial charge is 0.480 e. The van der Waals surface area contributed by atoms with Crippen LogP contribution in [0.5, 0.6) is 0 Å². The normalized spacial score (nSPS) is 15.2. The van der Waals surface area contributed by atoms with Crippen LogP contribution >= 0.6 is 0 Å². The van der Waals surface area contributed by atoms with Crippen LogP contribution in [0, 0.1) is 0 Å². The van der Waals surface area contributed by atoms with E-state index in [1.54, 1.807) is 4.90 Å². The Morgan fingerprint density at radius 1 is 0.758 bits per heavy atom. The van der Waals surface area contributed by atoms with Gasteiger partial charge in [-0.1, -0.05) is 91.0 Å². The number of nitrogens with zero attached hydrogens (tertiary/aromatic N) is 2. The van der Waals surface area contributed by atoms with Crippen LogP contribution in [0.2, 0.25) is 0 Å². The number of hydrogen-bond acceptors (Lipinski definition) is 3.